The topological polar surface area (TPSA) is 61.6 Å². The van der Waals surface area contributed by atoms with Crippen LogP contribution in [-0.2, 0) is 11.3 Å². The van der Waals surface area contributed by atoms with Gasteiger partial charge in [-0.3, -0.25) is 9.69 Å². The van der Waals surface area contributed by atoms with E-state index in [-0.39, 0.29) is 36.3 Å². The molecule has 1 N–H and O–H groups in total. The van der Waals surface area contributed by atoms with Crippen molar-refractivity contribution >= 4 is 30.7 Å². The van der Waals surface area contributed by atoms with Crippen molar-refractivity contribution < 1.29 is 9.32 Å². The van der Waals surface area contributed by atoms with E-state index >= 15 is 0 Å². The Morgan fingerprint density at radius 2 is 2.00 bits per heavy atom. The minimum absolute atomic E-state index is 0. The van der Waals surface area contributed by atoms with Crippen molar-refractivity contribution in [3.8, 4) is 0 Å². The van der Waals surface area contributed by atoms with Gasteiger partial charge in [-0.1, -0.05) is 5.16 Å². The summed E-state index contributed by atoms with van der Waals surface area (Å²) in [5.41, 5.74) is 0.558. The van der Waals surface area contributed by atoms with E-state index in [0.717, 1.165) is 63.6 Å². The summed E-state index contributed by atoms with van der Waals surface area (Å²) in [5.74, 6) is 1.17. The number of nitrogens with one attached hydrogen (secondary N) is 1. The highest BCUT2D eigenvalue weighted by atomic mass is 35.5. The fraction of sp³-hybridized carbons (Fsp3) is 0.750. The van der Waals surface area contributed by atoms with E-state index in [0.29, 0.717) is 0 Å². The Bertz CT molecular complexity index is 524. The van der Waals surface area contributed by atoms with Gasteiger partial charge in [-0.2, -0.15) is 0 Å². The molecule has 1 aromatic heterocycles. The summed E-state index contributed by atoms with van der Waals surface area (Å²) in [7, 11) is 0. The first-order valence-electron chi connectivity index (χ1n) is 8.26. The van der Waals surface area contributed by atoms with E-state index in [4.69, 9.17) is 4.52 Å². The predicted octanol–water partition coefficient (Wildman–Crippen LogP) is 2.00. The summed E-state index contributed by atoms with van der Waals surface area (Å²) in [6.07, 6.45) is 3.26. The molecule has 2 aliphatic heterocycles. The highest BCUT2D eigenvalue weighted by molar-refractivity contribution is 5.86. The third kappa shape index (κ3) is 4.85. The van der Waals surface area contributed by atoms with Crippen LogP contribution in [-0.4, -0.2) is 59.1 Å². The Hall–Kier alpha value is -0.820. The molecule has 1 aromatic rings. The zero-order chi connectivity index (χ0) is 15.6. The molecule has 24 heavy (non-hydrogen) atoms. The molecule has 0 aromatic carbocycles. The number of hydrogen-bond acceptors (Lipinski definition) is 5. The molecule has 0 aliphatic carbocycles. The first kappa shape index (κ1) is 21.2. The van der Waals surface area contributed by atoms with Gasteiger partial charge in [-0.25, -0.2) is 0 Å². The Kier molecular flexibility index (Phi) is 7.99. The number of aryl methyl sites for hydroxylation is 1. The maximum absolute atomic E-state index is 12.8. The number of halogens is 2. The molecule has 1 atom stereocenters. The van der Waals surface area contributed by atoms with Crippen LogP contribution in [0.15, 0.2) is 10.6 Å². The fourth-order valence-electron chi connectivity index (χ4n) is 3.41. The van der Waals surface area contributed by atoms with E-state index in [1.54, 1.807) is 0 Å². The molecule has 0 saturated carbocycles. The second kappa shape index (κ2) is 9.04. The Morgan fingerprint density at radius 3 is 2.54 bits per heavy atom. The summed E-state index contributed by atoms with van der Waals surface area (Å²) < 4.78 is 5.27. The van der Waals surface area contributed by atoms with Gasteiger partial charge >= 0.3 is 0 Å². The minimum Gasteiger partial charge on any atom is -0.360 e. The average Bonchev–Trinajstić information content (AvgIpc) is 2.93. The number of rotatable bonds is 3. The van der Waals surface area contributed by atoms with Crippen molar-refractivity contribution in [1.82, 2.24) is 20.3 Å². The largest absolute Gasteiger partial charge is 0.360 e. The maximum Gasteiger partial charge on any atom is 0.242 e. The summed E-state index contributed by atoms with van der Waals surface area (Å²) in [6, 6.07) is 1.98. The lowest BCUT2D eigenvalue weighted by atomic mass is 9.89. The molecule has 1 amide bonds. The first-order valence-corrected chi connectivity index (χ1v) is 8.26. The van der Waals surface area contributed by atoms with E-state index in [2.05, 4.69) is 22.3 Å². The van der Waals surface area contributed by atoms with Crippen molar-refractivity contribution in [2.45, 2.75) is 45.2 Å². The second-order valence-electron chi connectivity index (χ2n) is 6.72. The van der Waals surface area contributed by atoms with Crippen LogP contribution in [0.2, 0.25) is 0 Å². The quantitative estimate of drug-likeness (QED) is 0.871. The number of carbonyl (C=O) groups excluding carboxylic acids is 1. The molecular formula is C16H28Cl2N4O2. The third-order valence-corrected chi connectivity index (χ3v) is 4.81. The highest BCUT2D eigenvalue weighted by Crippen LogP contribution is 2.22. The fourth-order valence-corrected chi connectivity index (χ4v) is 3.41. The van der Waals surface area contributed by atoms with Crippen molar-refractivity contribution in [2.75, 3.05) is 32.7 Å². The normalized spacial score (nSPS) is 24.8. The first-order chi connectivity index (χ1) is 10.6. The maximum atomic E-state index is 12.8. The number of hydrogen-bond donors (Lipinski definition) is 1. The Morgan fingerprint density at radius 1 is 1.29 bits per heavy atom. The predicted molar refractivity (Wildman–Crippen MR) is 97.9 cm³/mol. The van der Waals surface area contributed by atoms with E-state index in [1.807, 2.05) is 17.9 Å². The lowest BCUT2D eigenvalue weighted by Gasteiger charge is -2.41. The standard InChI is InChI=1S/C16H26N4O2.2ClH/c1-13-11-14(22-18-13)12-19-7-9-20(10-8-19)15(21)16(2)5-3-4-6-17-16;;/h11,17H,3-10,12H2,1-2H3;2*1H. The molecule has 0 bridgehead atoms. The van der Waals surface area contributed by atoms with Crippen molar-refractivity contribution in [2.24, 2.45) is 0 Å². The van der Waals surface area contributed by atoms with Crippen molar-refractivity contribution in [3.63, 3.8) is 0 Å². The lowest BCUT2D eigenvalue weighted by molar-refractivity contribution is -0.140. The van der Waals surface area contributed by atoms with E-state index < -0.39 is 0 Å². The van der Waals surface area contributed by atoms with Gasteiger partial charge in [0, 0.05) is 32.2 Å². The number of piperidine rings is 1. The van der Waals surface area contributed by atoms with Crippen LogP contribution in [0.4, 0.5) is 0 Å². The number of nitrogens with zero attached hydrogens (tertiary/aromatic N) is 3. The number of aromatic nitrogens is 1. The zero-order valence-corrected chi connectivity index (χ0v) is 16.0. The summed E-state index contributed by atoms with van der Waals surface area (Å²) in [5, 5.41) is 7.34. The molecule has 2 aliphatic rings. The van der Waals surface area contributed by atoms with Gasteiger partial charge < -0.3 is 14.7 Å². The van der Waals surface area contributed by atoms with Gasteiger partial charge in [0.25, 0.3) is 0 Å². The zero-order valence-electron chi connectivity index (χ0n) is 14.4. The minimum atomic E-state index is -0.359. The summed E-state index contributed by atoms with van der Waals surface area (Å²) in [6.45, 7) is 9.08. The Labute approximate surface area is 156 Å². The number of piperazine rings is 1. The van der Waals surface area contributed by atoms with Crippen LogP contribution in [0.3, 0.4) is 0 Å². The van der Waals surface area contributed by atoms with Gasteiger partial charge in [0.05, 0.1) is 17.8 Å². The molecule has 0 spiro atoms. The van der Waals surface area contributed by atoms with Gasteiger partial charge in [0.15, 0.2) is 5.76 Å². The molecular weight excluding hydrogens is 351 g/mol. The number of carbonyl (C=O) groups is 1. The Balaban J connectivity index is 0.00000144. The average molecular weight is 379 g/mol. The summed E-state index contributed by atoms with van der Waals surface area (Å²) >= 11 is 0. The van der Waals surface area contributed by atoms with Crippen LogP contribution in [0.1, 0.15) is 37.6 Å². The molecule has 1 unspecified atom stereocenters. The monoisotopic (exact) mass is 378 g/mol. The smallest absolute Gasteiger partial charge is 0.242 e. The molecule has 2 saturated heterocycles. The van der Waals surface area contributed by atoms with Crippen LogP contribution in [0, 0.1) is 6.92 Å². The van der Waals surface area contributed by atoms with Crippen LogP contribution >= 0.6 is 24.8 Å². The lowest BCUT2D eigenvalue weighted by Crippen LogP contribution is -2.61. The van der Waals surface area contributed by atoms with Crippen molar-refractivity contribution in [1.29, 1.82) is 0 Å². The van der Waals surface area contributed by atoms with Gasteiger partial charge in [0.1, 0.15) is 0 Å². The SMILES string of the molecule is Cc1cc(CN2CCN(C(=O)C3(C)CCCCN3)CC2)on1.Cl.Cl. The second-order valence-corrected chi connectivity index (χ2v) is 6.72. The summed E-state index contributed by atoms with van der Waals surface area (Å²) in [4.78, 5) is 17.1. The van der Waals surface area contributed by atoms with Crippen molar-refractivity contribution in [3.05, 3.63) is 17.5 Å². The molecule has 6 nitrogen and oxygen atoms in total. The van der Waals surface area contributed by atoms with E-state index in [1.165, 1.54) is 6.42 Å². The molecule has 3 rings (SSSR count). The molecule has 8 heteroatoms. The van der Waals surface area contributed by atoms with Crippen LogP contribution in [0.5, 0.6) is 0 Å². The van der Waals surface area contributed by atoms with Gasteiger partial charge in [-0.15, -0.1) is 24.8 Å². The van der Waals surface area contributed by atoms with Gasteiger partial charge in [-0.05, 0) is 39.7 Å². The highest BCUT2D eigenvalue weighted by Gasteiger charge is 2.38. The molecule has 2 fully saturated rings. The third-order valence-electron chi connectivity index (χ3n) is 4.81. The van der Waals surface area contributed by atoms with Crippen LogP contribution < -0.4 is 5.32 Å². The number of amides is 1. The van der Waals surface area contributed by atoms with E-state index in [9.17, 15) is 4.79 Å². The molecule has 0 radical (unpaired) electrons. The molecule has 3 heterocycles. The van der Waals surface area contributed by atoms with Crippen LogP contribution in [0.25, 0.3) is 0 Å². The van der Waals surface area contributed by atoms with Gasteiger partial charge in [0.2, 0.25) is 5.91 Å². The molecule has 138 valence electrons.